The molecule has 1 atom stereocenters. The summed E-state index contributed by atoms with van der Waals surface area (Å²) in [6, 6.07) is 11.7. The van der Waals surface area contributed by atoms with Gasteiger partial charge in [-0.15, -0.1) is 0 Å². The van der Waals surface area contributed by atoms with Crippen LogP contribution in [0.15, 0.2) is 41.4 Å². The molecule has 25 heavy (non-hydrogen) atoms. The normalized spacial score (nSPS) is 25.2. The third kappa shape index (κ3) is 4.06. The van der Waals surface area contributed by atoms with Crippen molar-refractivity contribution in [3.05, 3.63) is 42.0 Å². The van der Waals surface area contributed by atoms with Crippen molar-refractivity contribution in [1.29, 1.82) is 0 Å². The second kappa shape index (κ2) is 7.61. The standard InChI is InChI=1S/C21H30N4/c1-22-21(23-15-17-9-12-25(16-17)20-7-8-20)24-13-10-19(11-14-24)18-5-3-2-4-6-18/h2-6,10,17,20H,7-9,11-16H2,1H3,(H,22,23). The second-order valence-electron chi connectivity index (χ2n) is 7.60. The van der Waals surface area contributed by atoms with Crippen LogP contribution in [-0.2, 0) is 0 Å². The highest BCUT2D eigenvalue weighted by Gasteiger charge is 2.34. The Balaban J connectivity index is 1.28. The summed E-state index contributed by atoms with van der Waals surface area (Å²) in [6.45, 7) is 5.61. The molecule has 1 unspecified atom stereocenters. The van der Waals surface area contributed by atoms with E-state index in [-0.39, 0.29) is 0 Å². The molecule has 1 aliphatic carbocycles. The van der Waals surface area contributed by atoms with Crippen molar-refractivity contribution in [2.24, 2.45) is 10.9 Å². The summed E-state index contributed by atoms with van der Waals surface area (Å²) in [6.07, 6.45) is 7.62. The highest BCUT2D eigenvalue weighted by atomic mass is 15.3. The van der Waals surface area contributed by atoms with Gasteiger partial charge in [-0.1, -0.05) is 36.4 Å². The number of hydrogen-bond acceptors (Lipinski definition) is 2. The Morgan fingerprint density at radius 1 is 1.16 bits per heavy atom. The van der Waals surface area contributed by atoms with Crippen molar-refractivity contribution in [2.75, 3.05) is 39.8 Å². The maximum atomic E-state index is 4.53. The lowest BCUT2D eigenvalue weighted by atomic mass is 10.00. The third-order valence-corrected chi connectivity index (χ3v) is 5.79. The van der Waals surface area contributed by atoms with Gasteiger partial charge in [-0.2, -0.15) is 0 Å². The van der Waals surface area contributed by atoms with E-state index in [0.717, 1.165) is 44.0 Å². The van der Waals surface area contributed by atoms with E-state index in [2.05, 4.69) is 56.5 Å². The van der Waals surface area contributed by atoms with Crippen LogP contribution in [0.2, 0.25) is 0 Å². The van der Waals surface area contributed by atoms with E-state index in [4.69, 9.17) is 0 Å². The molecule has 1 saturated heterocycles. The molecule has 1 saturated carbocycles. The first-order valence-electron chi connectivity index (χ1n) is 9.77. The minimum atomic E-state index is 0.776. The van der Waals surface area contributed by atoms with Gasteiger partial charge < -0.3 is 15.1 Å². The van der Waals surface area contributed by atoms with Crippen molar-refractivity contribution in [2.45, 2.75) is 31.7 Å². The van der Waals surface area contributed by atoms with Crippen LogP contribution < -0.4 is 5.32 Å². The molecule has 0 radical (unpaired) electrons. The minimum absolute atomic E-state index is 0.776. The van der Waals surface area contributed by atoms with Crippen LogP contribution in [0.3, 0.4) is 0 Å². The molecule has 1 aromatic carbocycles. The first-order valence-corrected chi connectivity index (χ1v) is 9.77. The summed E-state index contributed by atoms with van der Waals surface area (Å²) in [7, 11) is 1.91. The molecule has 1 aromatic rings. The van der Waals surface area contributed by atoms with Gasteiger partial charge in [0.25, 0.3) is 0 Å². The molecule has 4 heteroatoms. The van der Waals surface area contributed by atoms with Gasteiger partial charge in [0.05, 0.1) is 0 Å². The van der Waals surface area contributed by atoms with Crippen LogP contribution in [-0.4, -0.2) is 61.6 Å². The fraction of sp³-hybridized carbons (Fsp3) is 0.571. The number of nitrogens with one attached hydrogen (secondary N) is 1. The van der Waals surface area contributed by atoms with Crippen LogP contribution in [0.5, 0.6) is 0 Å². The van der Waals surface area contributed by atoms with Crippen LogP contribution in [0.25, 0.3) is 5.57 Å². The number of guanidine groups is 1. The zero-order chi connectivity index (χ0) is 17.1. The molecule has 0 amide bonds. The van der Waals surface area contributed by atoms with Gasteiger partial charge in [0.2, 0.25) is 0 Å². The Morgan fingerprint density at radius 3 is 2.68 bits per heavy atom. The van der Waals surface area contributed by atoms with E-state index < -0.39 is 0 Å². The molecule has 2 aliphatic heterocycles. The van der Waals surface area contributed by atoms with Crippen LogP contribution in [0, 0.1) is 5.92 Å². The van der Waals surface area contributed by atoms with E-state index in [1.54, 1.807) is 0 Å². The monoisotopic (exact) mass is 338 g/mol. The molecular formula is C21H30N4. The lowest BCUT2D eigenvalue weighted by Gasteiger charge is -2.30. The second-order valence-corrected chi connectivity index (χ2v) is 7.60. The van der Waals surface area contributed by atoms with Gasteiger partial charge in [0.15, 0.2) is 5.96 Å². The number of benzene rings is 1. The average Bonchev–Trinajstić information content (AvgIpc) is 3.42. The molecule has 0 aromatic heterocycles. The lowest BCUT2D eigenvalue weighted by molar-refractivity contribution is 0.313. The molecule has 4 nitrogen and oxygen atoms in total. The smallest absolute Gasteiger partial charge is 0.193 e. The topological polar surface area (TPSA) is 30.9 Å². The highest BCUT2D eigenvalue weighted by molar-refractivity contribution is 5.81. The predicted molar refractivity (Wildman–Crippen MR) is 105 cm³/mol. The first kappa shape index (κ1) is 16.6. The van der Waals surface area contributed by atoms with Crippen molar-refractivity contribution >= 4 is 11.5 Å². The average molecular weight is 338 g/mol. The Hall–Kier alpha value is -1.81. The van der Waals surface area contributed by atoms with Gasteiger partial charge in [-0.3, -0.25) is 4.99 Å². The van der Waals surface area contributed by atoms with Gasteiger partial charge in [0, 0.05) is 39.3 Å². The van der Waals surface area contributed by atoms with E-state index in [9.17, 15) is 0 Å². The lowest BCUT2D eigenvalue weighted by Crippen LogP contribution is -2.45. The number of rotatable bonds is 4. The molecule has 2 fully saturated rings. The summed E-state index contributed by atoms with van der Waals surface area (Å²) in [4.78, 5) is 9.59. The fourth-order valence-electron chi connectivity index (χ4n) is 4.14. The summed E-state index contributed by atoms with van der Waals surface area (Å²) >= 11 is 0. The van der Waals surface area contributed by atoms with E-state index >= 15 is 0 Å². The number of nitrogens with zero attached hydrogens (tertiary/aromatic N) is 3. The maximum absolute atomic E-state index is 4.53. The Morgan fingerprint density at radius 2 is 2.00 bits per heavy atom. The first-order chi connectivity index (χ1) is 12.3. The van der Waals surface area contributed by atoms with E-state index in [0.29, 0.717) is 0 Å². The summed E-state index contributed by atoms with van der Waals surface area (Å²) in [5.74, 6) is 1.84. The number of likely N-dealkylation sites (tertiary alicyclic amines) is 1. The number of aliphatic imine (C=N–C) groups is 1. The summed E-state index contributed by atoms with van der Waals surface area (Å²) in [5.41, 5.74) is 2.82. The molecule has 3 aliphatic rings. The molecule has 2 heterocycles. The van der Waals surface area contributed by atoms with Crippen molar-refractivity contribution in [3.8, 4) is 0 Å². The molecule has 1 N–H and O–H groups in total. The molecule has 4 rings (SSSR count). The molecule has 0 spiro atoms. The Bertz CT molecular complexity index is 633. The highest BCUT2D eigenvalue weighted by Crippen LogP contribution is 2.31. The minimum Gasteiger partial charge on any atom is -0.356 e. The zero-order valence-electron chi connectivity index (χ0n) is 15.3. The molecular weight excluding hydrogens is 308 g/mol. The Kier molecular flexibility index (Phi) is 5.07. The van der Waals surface area contributed by atoms with E-state index in [1.165, 1.54) is 43.5 Å². The van der Waals surface area contributed by atoms with Crippen LogP contribution >= 0.6 is 0 Å². The SMILES string of the molecule is CN=C(NCC1CCN(C2CC2)C1)N1CC=C(c2ccccc2)CC1. The van der Waals surface area contributed by atoms with Gasteiger partial charge in [-0.05, 0) is 49.3 Å². The van der Waals surface area contributed by atoms with Crippen LogP contribution in [0.1, 0.15) is 31.2 Å². The zero-order valence-corrected chi connectivity index (χ0v) is 15.3. The summed E-state index contributed by atoms with van der Waals surface area (Å²) in [5, 5.41) is 3.64. The van der Waals surface area contributed by atoms with Crippen molar-refractivity contribution in [1.82, 2.24) is 15.1 Å². The number of hydrogen-bond donors (Lipinski definition) is 1. The van der Waals surface area contributed by atoms with Gasteiger partial charge in [0.1, 0.15) is 0 Å². The third-order valence-electron chi connectivity index (χ3n) is 5.79. The maximum Gasteiger partial charge on any atom is 0.193 e. The van der Waals surface area contributed by atoms with E-state index in [1.807, 2.05) is 7.05 Å². The van der Waals surface area contributed by atoms with Gasteiger partial charge in [-0.25, -0.2) is 0 Å². The predicted octanol–water partition coefficient (Wildman–Crippen LogP) is 2.84. The molecule has 134 valence electrons. The summed E-state index contributed by atoms with van der Waals surface area (Å²) < 4.78 is 0. The quantitative estimate of drug-likeness (QED) is 0.676. The van der Waals surface area contributed by atoms with Crippen molar-refractivity contribution < 1.29 is 0 Å². The Labute approximate surface area is 151 Å². The van der Waals surface area contributed by atoms with Crippen LogP contribution in [0.4, 0.5) is 0 Å². The fourth-order valence-corrected chi connectivity index (χ4v) is 4.14. The van der Waals surface area contributed by atoms with Crippen molar-refractivity contribution in [3.63, 3.8) is 0 Å². The molecule has 0 bridgehead atoms. The van der Waals surface area contributed by atoms with Gasteiger partial charge >= 0.3 is 0 Å². The largest absolute Gasteiger partial charge is 0.356 e.